The quantitative estimate of drug-likeness (QED) is 0.358. The number of nitro benzene ring substituents is 1. The molecule has 1 fully saturated rings. The van der Waals surface area contributed by atoms with Crippen LogP contribution in [0.4, 0.5) is 5.69 Å². The molecule has 1 aromatic carbocycles. The third-order valence-corrected chi connectivity index (χ3v) is 6.70. The SMILES string of the molecule is COC(=O)C1=C(C)NC(C)=C(P2(=O)OCCO2)C1c1ccccc1[N+](=O)[O-]. The molecule has 1 atom stereocenters. The van der Waals surface area contributed by atoms with Crippen LogP contribution < -0.4 is 5.32 Å². The Morgan fingerprint density at radius 3 is 2.48 bits per heavy atom. The molecule has 0 spiro atoms. The van der Waals surface area contributed by atoms with Crippen LogP contribution in [0.3, 0.4) is 0 Å². The molecule has 2 heterocycles. The molecule has 1 aromatic rings. The van der Waals surface area contributed by atoms with Crippen LogP contribution in [-0.2, 0) is 23.1 Å². The van der Waals surface area contributed by atoms with E-state index in [0.29, 0.717) is 11.4 Å². The molecule has 0 amide bonds. The number of ether oxygens (including phenoxy) is 1. The second-order valence-corrected chi connectivity index (χ2v) is 8.07. The van der Waals surface area contributed by atoms with Gasteiger partial charge in [0.15, 0.2) is 0 Å². The molecule has 144 valence electrons. The summed E-state index contributed by atoms with van der Waals surface area (Å²) < 4.78 is 29.0. The van der Waals surface area contributed by atoms with Gasteiger partial charge in [-0.05, 0) is 13.8 Å². The van der Waals surface area contributed by atoms with Crippen molar-refractivity contribution in [2.24, 2.45) is 0 Å². The number of nitrogens with zero attached hydrogens (tertiary/aromatic N) is 1. The van der Waals surface area contributed by atoms with E-state index in [1.165, 1.54) is 25.3 Å². The highest BCUT2D eigenvalue weighted by molar-refractivity contribution is 7.58. The highest BCUT2D eigenvalue weighted by Crippen LogP contribution is 2.66. The van der Waals surface area contributed by atoms with Crippen LogP contribution in [0.5, 0.6) is 0 Å². The molecule has 1 N–H and O–H groups in total. The van der Waals surface area contributed by atoms with Gasteiger partial charge in [-0.1, -0.05) is 18.2 Å². The van der Waals surface area contributed by atoms with Gasteiger partial charge in [-0.2, -0.15) is 0 Å². The smallest absolute Gasteiger partial charge is 0.360 e. The highest BCUT2D eigenvalue weighted by Gasteiger charge is 2.48. The number of carbonyl (C=O) groups excluding carboxylic acids is 1. The third-order valence-electron chi connectivity index (χ3n) is 4.48. The van der Waals surface area contributed by atoms with Gasteiger partial charge in [0.05, 0.1) is 42.1 Å². The fraction of sp³-hybridized carbons (Fsp3) is 0.353. The molecule has 0 aliphatic carbocycles. The molecule has 10 heteroatoms. The van der Waals surface area contributed by atoms with E-state index >= 15 is 0 Å². The van der Waals surface area contributed by atoms with Gasteiger partial charge in [0.25, 0.3) is 5.69 Å². The zero-order valence-corrected chi connectivity index (χ0v) is 15.9. The molecule has 2 aliphatic rings. The number of methoxy groups -OCH3 is 1. The van der Waals surface area contributed by atoms with E-state index in [-0.39, 0.29) is 35.4 Å². The first-order valence-electron chi connectivity index (χ1n) is 8.20. The van der Waals surface area contributed by atoms with Crippen LogP contribution in [0, 0.1) is 10.1 Å². The minimum atomic E-state index is -3.73. The number of rotatable bonds is 4. The largest absolute Gasteiger partial charge is 0.466 e. The van der Waals surface area contributed by atoms with E-state index in [2.05, 4.69) is 5.32 Å². The van der Waals surface area contributed by atoms with Crippen LogP contribution in [-0.4, -0.2) is 31.2 Å². The summed E-state index contributed by atoms with van der Waals surface area (Å²) in [5.41, 5.74) is 1.06. The summed E-state index contributed by atoms with van der Waals surface area (Å²) in [5.74, 6) is -1.68. The maximum atomic E-state index is 13.3. The van der Waals surface area contributed by atoms with Gasteiger partial charge in [0.2, 0.25) is 0 Å². The van der Waals surface area contributed by atoms with Gasteiger partial charge in [-0.15, -0.1) is 0 Å². The summed E-state index contributed by atoms with van der Waals surface area (Å²) in [7, 11) is -2.52. The fourth-order valence-electron chi connectivity index (χ4n) is 3.42. The molecule has 0 radical (unpaired) electrons. The van der Waals surface area contributed by atoms with Crippen molar-refractivity contribution < 1.29 is 28.1 Å². The summed E-state index contributed by atoms with van der Waals surface area (Å²) in [6.07, 6.45) is 0. The third kappa shape index (κ3) is 3.29. The van der Waals surface area contributed by atoms with E-state index < -0.39 is 24.4 Å². The number of dihydropyridines is 1. The zero-order chi connectivity index (χ0) is 19.8. The Labute approximate surface area is 155 Å². The van der Waals surface area contributed by atoms with Crippen molar-refractivity contribution in [1.82, 2.24) is 5.32 Å². The lowest BCUT2D eigenvalue weighted by Gasteiger charge is -2.32. The number of para-hydroxylation sites is 1. The van der Waals surface area contributed by atoms with Crippen molar-refractivity contribution in [2.45, 2.75) is 19.8 Å². The van der Waals surface area contributed by atoms with Crippen molar-refractivity contribution in [1.29, 1.82) is 0 Å². The lowest BCUT2D eigenvalue weighted by atomic mass is 9.85. The minimum absolute atomic E-state index is 0.127. The lowest BCUT2D eigenvalue weighted by molar-refractivity contribution is -0.385. The fourth-order valence-corrected chi connectivity index (χ4v) is 5.45. The first-order valence-corrected chi connectivity index (χ1v) is 9.74. The highest BCUT2D eigenvalue weighted by atomic mass is 31.2. The molecule has 0 saturated carbocycles. The summed E-state index contributed by atoms with van der Waals surface area (Å²) >= 11 is 0. The first-order chi connectivity index (χ1) is 12.8. The van der Waals surface area contributed by atoms with E-state index in [1.54, 1.807) is 19.9 Å². The molecule has 1 unspecified atom stereocenters. The molecule has 1 saturated heterocycles. The number of nitro groups is 1. The standard InChI is InChI=1S/C17H19N2O7P/c1-10-14(17(20)24-3)15(12-6-4-5-7-13(12)19(21)22)16(11(2)18-10)27(23)25-8-9-26-27/h4-7,15,18H,8-9H2,1-3H3. The Bertz CT molecular complexity index is 912. The predicted molar refractivity (Wildman–Crippen MR) is 95.9 cm³/mol. The summed E-state index contributed by atoms with van der Waals surface area (Å²) in [6.45, 7) is 3.59. The summed E-state index contributed by atoms with van der Waals surface area (Å²) in [6, 6.07) is 6.01. The molecule has 0 aromatic heterocycles. The normalized spacial score (nSPS) is 21.8. The lowest BCUT2D eigenvalue weighted by Crippen LogP contribution is -2.29. The van der Waals surface area contributed by atoms with Gasteiger partial charge in [-0.25, -0.2) is 4.79 Å². The van der Waals surface area contributed by atoms with Gasteiger partial charge in [-0.3, -0.25) is 14.7 Å². The Kier molecular flexibility index (Phi) is 5.19. The van der Waals surface area contributed by atoms with Gasteiger partial charge < -0.3 is 19.1 Å². The van der Waals surface area contributed by atoms with E-state index in [9.17, 15) is 19.5 Å². The van der Waals surface area contributed by atoms with Crippen LogP contribution in [0.25, 0.3) is 0 Å². The van der Waals surface area contributed by atoms with Crippen molar-refractivity contribution in [3.63, 3.8) is 0 Å². The molecule has 2 aliphatic heterocycles. The van der Waals surface area contributed by atoms with Crippen LogP contribution >= 0.6 is 7.60 Å². The summed E-state index contributed by atoms with van der Waals surface area (Å²) in [5, 5.41) is 14.8. The van der Waals surface area contributed by atoms with Crippen LogP contribution in [0.2, 0.25) is 0 Å². The molecule has 0 bridgehead atoms. The maximum absolute atomic E-state index is 13.3. The molecular weight excluding hydrogens is 375 g/mol. The monoisotopic (exact) mass is 394 g/mol. The number of hydrogen-bond acceptors (Lipinski definition) is 8. The van der Waals surface area contributed by atoms with E-state index in [4.69, 9.17) is 13.8 Å². The molecule has 27 heavy (non-hydrogen) atoms. The van der Waals surface area contributed by atoms with Gasteiger partial charge in [0, 0.05) is 23.0 Å². The number of benzene rings is 1. The maximum Gasteiger partial charge on any atom is 0.360 e. The molecule has 3 rings (SSSR count). The molecule has 9 nitrogen and oxygen atoms in total. The predicted octanol–water partition coefficient (Wildman–Crippen LogP) is 3.20. The number of esters is 1. The number of allylic oxidation sites excluding steroid dienone is 3. The van der Waals surface area contributed by atoms with Crippen LogP contribution in [0.15, 0.2) is 46.5 Å². The van der Waals surface area contributed by atoms with E-state index in [0.717, 1.165) is 0 Å². The Morgan fingerprint density at radius 2 is 1.89 bits per heavy atom. The van der Waals surface area contributed by atoms with E-state index in [1.807, 2.05) is 0 Å². The van der Waals surface area contributed by atoms with Crippen molar-refractivity contribution >= 4 is 19.3 Å². The number of nitrogens with one attached hydrogen (secondary N) is 1. The van der Waals surface area contributed by atoms with Crippen molar-refractivity contribution in [3.05, 3.63) is 62.2 Å². The second kappa shape index (κ2) is 7.26. The topological polar surface area (TPSA) is 117 Å². The van der Waals surface area contributed by atoms with Crippen LogP contribution in [0.1, 0.15) is 25.3 Å². The Balaban J connectivity index is 2.30. The number of hydrogen-bond donors (Lipinski definition) is 1. The van der Waals surface area contributed by atoms with Gasteiger partial charge >= 0.3 is 13.6 Å². The van der Waals surface area contributed by atoms with Gasteiger partial charge in [0.1, 0.15) is 0 Å². The average molecular weight is 394 g/mol. The Hall–Kier alpha value is -2.48. The first kappa shape index (κ1) is 19.3. The minimum Gasteiger partial charge on any atom is -0.466 e. The average Bonchev–Trinajstić information content (AvgIpc) is 3.07. The van der Waals surface area contributed by atoms with Crippen molar-refractivity contribution in [2.75, 3.05) is 20.3 Å². The zero-order valence-electron chi connectivity index (χ0n) is 15.1. The second-order valence-electron chi connectivity index (χ2n) is 6.08. The number of carbonyl (C=O) groups is 1. The Morgan fingerprint density at radius 1 is 1.26 bits per heavy atom. The van der Waals surface area contributed by atoms with Crippen molar-refractivity contribution in [3.8, 4) is 0 Å². The molecular formula is C17H19N2O7P. The summed E-state index contributed by atoms with van der Waals surface area (Å²) in [4.78, 5) is 23.6.